The minimum Gasteiger partial charge on any atom is -0.454 e. The van der Waals surface area contributed by atoms with Crippen molar-refractivity contribution >= 4 is 33.2 Å². The first kappa shape index (κ1) is 14.5. The molecule has 1 atom stereocenters. The lowest BCUT2D eigenvalue weighted by molar-refractivity contribution is 0.173. The van der Waals surface area contributed by atoms with Gasteiger partial charge in [0.1, 0.15) is 0 Å². The van der Waals surface area contributed by atoms with Crippen LogP contribution in [0.2, 0.25) is 5.02 Å². The van der Waals surface area contributed by atoms with Crippen molar-refractivity contribution in [1.82, 2.24) is 0 Å². The van der Waals surface area contributed by atoms with Gasteiger partial charge in [-0.05, 0) is 51.8 Å². The number of rotatable bonds is 4. The van der Waals surface area contributed by atoms with Gasteiger partial charge in [-0.15, -0.1) is 0 Å². The van der Waals surface area contributed by atoms with Gasteiger partial charge < -0.3 is 19.9 Å². The Morgan fingerprint density at radius 1 is 1.19 bits per heavy atom. The van der Waals surface area contributed by atoms with E-state index in [-0.39, 0.29) is 6.79 Å². The molecule has 0 saturated carbocycles. The third-order valence-corrected chi connectivity index (χ3v) is 4.09. The number of hydrogen-bond donors (Lipinski definition) is 2. The van der Waals surface area contributed by atoms with Crippen molar-refractivity contribution in [1.29, 1.82) is 0 Å². The van der Waals surface area contributed by atoms with E-state index < -0.39 is 6.10 Å². The molecule has 110 valence electrons. The fourth-order valence-corrected chi connectivity index (χ4v) is 2.90. The summed E-state index contributed by atoms with van der Waals surface area (Å²) in [6.07, 6.45) is -0.651. The van der Waals surface area contributed by atoms with Gasteiger partial charge in [0.05, 0.1) is 6.10 Å². The molecule has 21 heavy (non-hydrogen) atoms. The summed E-state index contributed by atoms with van der Waals surface area (Å²) in [4.78, 5) is 0. The molecule has 3 rings (SSSR count). The van der Waals surface area contributed by atoms with E-state index in [1.807, 2.05) is 12.1 Å². The molecule has 1 heterocycles. The Balaban J connectivity index is 1.67. The van der Waals surface area contributed by atoms with Crippen LogP contribution in [0.4, 0.5) is 5.69 Å². The van der Waals surface area contributed by atoms with Gasteiger partial charge in [-0.25, -0.2) is 0 Å². The first-order chi connectivity index (χ1) is 10.1. The number of halogens is 2. The SMILES string of the molecule is OC(CNc1ccc(Cl)cc1Br)c1ccc2c(c1)OCO2. The van der Waals surface area contributed by atoms with Gasteiger partial charge in [-0.1, -0.05) is 17.7 Å². The lowest BCUT2D eigenvalue weighted by atomic mass is 10.1. The summed E-state index contributed by atoms with van der Waals surface area (Å²) in [7, 11) is 0. The van der Waals surface area contributed by atoms with E-state index in [0.717, 1.165) is 15.7 Å². The fraction of sp³-hybridized carbons (Fsp3) is 0.200. The van der Waals surface area contributed by atoms with Gasteiger partial charge in [0.2, 0.25) is 6.79 Å². The summed E-state index contributed by atoms with van der Waals surface area (Å²) in [6, 6.07) is 10.9. The topological polar surface area (TPSA) is 50.7 Å². The van der Waals surface area contributed by atoms with Gasteiger partial charge in [0.25, 0.3) is 0 Å². The molecule has 0 fully saturated rings. The van der Waals surface area contributed by atoms with Crippen molar-refractivity contribution in [2.45, 2.75) is 6.10 Å². The Bertz CT molecular complexity index is 665. The molecule has 0 bridgehead atoms. The molecule has 1 aliphatic heterocycles. The van der Waals surface area contributed by atoms with E-state index >= 15 is 0 Å². The second kappa shape index (κ2) is 6.13. The van der Waals surface area contributed by atoms with Crippen LogP contribution < -0.4 is 14.8 Å². The minimum atomic E-state index is -0.651. The number of benzene rings is 2. The van der Waals surface area contributed by atoms with E-state index in [4.69, 9.17) is 21.1 Å². The third-order valence-electron chi connectivity index (χ3n) is 3.20. The van der Waals surface area contributed by atoms with Crippen LogP contribution in [0.5, 0.6) is 11.5 Å². The third kappa shape index (κ3) is 3.26. The average Bonchev–Trinajstić information content (AvgIpc) is 2.93. The van der Waals surface area contributed by atoms with Crippen molar-refractivity contribution in [2.24, 2.45) is 0 Å². The van der Waals surface area contributed by atoms with Crippen molar-refractivity contribution < 1.29 is 14.6 Å². The van der Waals surface area contributed by atoms with Crippen LogP contribution in [0.1, 0.15) is 11.7 Å². The summed E-state index contributed by atoms with van der Waals surface area (Å²) < 4.78 is 11.4. The predicted molar refractivity (Wildman–Crippen MR) is 85.2 cm³/mol. The molecule has 1 aliphatic rings. The molecule has 2 aromatic carbocycles. The molecule has 0 spiro atoms. The smallest absolute Gasteiger partial charge is 0.231 e. The van der Waals surface area contributed by atoms with E-state index in [1.165, 1.54) is 0 Å². The Morgan fingerprint density at radius 2 is 2.00 bits per heavy atom. The maximum absolute atomic E-state index is 10.3. The maximum atomic E-state index is 10.3. The van der Waals surface area contributed by atoms with Crippen LogP contribution in [-0.2, 0) is 0 Å². The number of anilines is 1. The fourth-order valence-electron chi connectivity index (χ4n) is 2.08. The molecule has 0 aliphatic carbocycles. The molecular formula is C15H13BrClNO3. The van der Waals surface area contributed by atoms with Crippen LogP contribution in [0.15, 0.2) is 40.9 Å². The second-order valence-electron chi connectivity index (χ2n) is 4.63. The molecule has 0 aromatic heterocycles. The average molecular weight is 371 g/mol. The molecule has 6 heteroatoms. The highest BCUT2D eigenvalue weighted by Gasteiger charge is 2.16. The summed E-state index contributed by atoms with van der Waals surface area (Å²) in [5.74, 6) is 1.37. The van der Waals surface area contributed by atoms with Crippen molar-refractivity contribution in [3.8, 4) is 11.5 Å². The number of ether oxygens (including phenoxy) is 2. The monoisotopic (exact) mass is 369 g/mol. The number of aliphatic hydroxyl groups excluding tert-OH is 1. The predicted octanol–water partition coefficient (Wildman–Crippen LogP) is 3.98. The molecule has 0 radical (unpaired) electrons. The Kier molecular flexibility index (Phi) is 4.24. The minimum absolute atomic E-state index is 0.227. The van der Waals surface area contributed by atoms with E-state index in [1.54, 1.807) is 24.3 Å². The van der Waals surface area contributed by atoms with Crippen LogP contribution in [0.25, 0.3) is 0 Å². The lowest BCUT2D eigenvalue weighted by Gasteiger charge is -2.14. The first-order valence-corrected chi connectivity index (χ1v) is 7.57. The van der Waals surface area contributed by atoms with Gasteiger partial charge in [-0.2, -0.15) is 0 Å². The van der Waals surface area contributed by atoms with Gasteiger partial charge >= 0.3 is 0 Å². The zero-order valence-electron chi connectivity index (χ0n) is 11.0. The summed E-state index contributed by atoms with van der Waals surface area (Å²) in [5, 5.41) is 14.1. The zero-order chi connectivity index (χ0) is 14.8. The molecule has 2 aromatic rings. The van der Waals surface area contributed by atoms with Gasteiger partial charge in [-0.3, -0.25) is 0 Å². The summed E-state index contributed by atoms with van der Waals surface area (Å²) in [5.41, 5.74) is 1.65. The Labute approximate surface area is 135 Å². The molecule has 0 saturated heterocycles. The van der Waals surface area contributed by atoms with E-state index in [9.17, 15) is 5.11 Å². The van der Waals surface area contributed by atoms with Crippen LogP contribution in [0, 0.1) is 0 Å². The van der Waals surface area contributed by atoms with Crippen LogP contribution in [0.3, 0.4) is 0 Å². The van der Waals surface area contributed by atoms with Crippen molar-refractivity contribution in [3.05, 3.63) is 51.5 Å². The number of nitrogens with one attached hydrogen (secondary N) is 1. The number of hydrogen-bond acceptors (Lipinski definition) is 4. The number of aliphatic hydroxyl groups is 1. The highest BCUT2D eigenvalue weighted by Crippen LogP contribution is 2.34. The van der Waals surface area contributed by atoms with Crippen LogP contribution >= 0.6 is 27.5 Å². The first-order valence-electron chi connectivity index (χ1n) is 6.40. The second-order valence-corrected chi connectivity index (χ2v) is 5.92. The summed E-state index contributed by atoms with van der Waals surface area (Å²) >= 11 is 9.33. The summed E-state index contributed by atoms with van der Waals surface area (Å²) in [6.45, 7) is 0.602. The van der Waals surface area contributed by atoms with Gasteiger partial charge in [0.15, 0.2) is 11.5 Å². The number of fused-ring (bicyclic) bond motifs is 1. The lowest BCUT2D eigenvalue weighted by Crippen LogP contribution is -2.12. The van der Waals surface area contributed by atoms with Crippen molar-refractivity contribution in [2.75, 3.05) is 18.7 Å². The standard InChI is InChI=1S/C15H13BrClNO3/c16-11-6-10(17)2-3-12(11)18-7-13(19)9-1-4-14-15(5-9)21-8-20-14/h1-6,13,18-19H,7-8H2. The molecular weight excluding hydrogens is 358 g/mol. The maximum Gasteiger partial charge on any atom is 0.231 e. The molecule has 4 nitrogen and oxygen atoms in total. The van der Waals surface area contributed by atoms with Crippen LogP contribution in [-0.4, -0.2) is 18.4 Å². The zero-order valence-corrected chi connectivity index (χ0v) is 13.3. The Hall–Kier alpha value is -1.43. The quantitative estimate of drug-likeness (QED) is 0.855. The molecule has 1 unspecified atom stereocenters. The highest BCUT2D eigenvalue weighted by atomic mass is 79.9. The van der Waals surface area contributed by atoms with E-state index in [2.05, 4.69) is 21.2 Å². The van der Waals surface area contributed by atoms with E-state index in [0.29, 0.717) is 23.1 Å². The largest absolute Gasteiger partial charge is 0.454 e. The molecule has 0 amide bonds. The normalized spacial score (nSPS) is 14.0. The van der Waals surface area contributed by atoms with Gasteiger partial charge in [0, 0.05) is 21.7 Å². The van der Waals surface area contributed by atoms with Crippen molar-refractivity contribution in [3.63, 3.8) is 0 Å². The molecule has 2 N–H and O–H groups in total. The highest BCUT2D eigenvalue weighted by molar-refractivity contribution is 9.10. The Morgan fingerprint density at radius 3 is 2.81 bits per heavy atom.